The number of nitro benzene ring substituents is 1. The average molecular weight is 427 g/mol. The Hall–Kier alpha value is -2.94. The quantitative estimate of drug-likeness (QED) is 0.421. The van der Waals surface area contributed by atoms with Gasteiger partial charge in [0.05, 0.1) is 40.9 Å². The first-order valence-corrected chi connectivity index (χ1v) is 9.00. The van der Waals surface area contributed by atoms with Crippen LogP contribution in [0, 0.1) is 10.1 Å². The van der Waals surface area contributed by atoms with E-state index in [0.717, 1.165) is 7.11 Å². The van der Waals surface area contributed by atoms with Gasteiger partial charge in [0.15, 0.2) is 0 Å². The number of nitrogens with zero attached hydrogens (tertiary/aromatic N) is 1. The summed E-state index contributed by atoms with van der Waals surface area (Å²) in [6.07, 6.45) is -0.495. The van der Waals surface area contributed by atoms with E-state index < -0.39 is 41.2 Å². The molecule has 0 aliphatic carbocycles. The zero-order chi connectivity index (χ0) is 21.9. The van der Waals surface area contributed by atoms with Crippen molar-refractivity contribution >= 4 is 29.2 Å². The van der Waals surface area contributed by atoms with E-state index in [0.29, 0.717) is 0 Å². The molecule has 1 N–H and O–H groups in total. The largest absolute Gasteiger partial charge is 0.466 e. The second kappa shape index (κ2) is 9.04. The average Bonchev–Trinajstić information content (AvgIpc) is 2.65. The molecule has 0 saturated carbocycles. The molecule has 0 amide bonds. The molecule has 0 aromatic heterocycles. The fourth-order valence-electron chi connectivity index (χ4n) is 3.17. The third kappa shape index (κ3) is 4.40. The lowest BCUT2D eigenvalue weighted by molar-refractivity contribution is -0.385. The van der Waals surface area contributed by atoms with Gasteiger partial charge < -0.3 is 14.8 Å². The number of nitrogens with one attached hydrogen (secondary N) is 1. The van der Waals surface area contributed by atoms with E-state index in [1.807, 2.05) is 0 Å². The van der Waals surface area contributed by atoms with Crippen LogP contribution in [-0.4, -0.2) is 36.8 Å². The van der Waals surface area contributed by atoms with Crippen molar-refractivity contribution < 1.29 is 28.4 Å². The maximum atomic E-state index is 13.7. The molecule has 1 aliphatic heterocycles. The number of para-hydroxylation sites is 1. The van der Waals surface area contributed by atoms with Gasteiger partial charge in [-0.15, -0.1) is 0 Å². The topological polar surface area (TPSA) is 108 Å². The maximum absolute atomic E-state index is 13.7. The minimum absolute atomic E-state index is 0.0505. The van der Waals surface area contributed by atoms with Crippen molar-refractivity contribution in [2.75, 3.05) is 13.8 Å². The van der Waals surface area contributed by atoms with E-state index in [1.54, 1.807) is 13.8 Å². The molecule has 1 unspecified atom stereocenters. The molecule has 1 atom stereocenters. The molecule has 2 rings (SSSR count). The Kier molecular flexibility index (Phi) is 6.97. The van der Waals surface area contributed by atoms with Crippen LogP contribution in [0.2, 0.25) is 5.02 Å². The monoisotopic (exact) mass is 426 g/mol. The number of rotatable bonds is 6. The summed E-state index contributed by atoms with van der Waals surface area (Å²) in [5, 5.41) is 14.2. The predicted molar refractivity (Wildman–Crippen MR) is 103 cm³/mol. The Bertz CT molecular complexity index is 925. The number of nitro groups is 1. The van der Waals surface area contributed by atoms with Crippen molar-refractivity contribution in [3.8, 4) is 0 Å². The van der Waals surface area contributed by atoms with Crippen LogP contribution in [0.3, 0.4) is 0 Å². The smallest absolute Gasteiger partial charge is 0.337 e. The van der Waals surface area contributed by atoms with E-state index in [9.17, 15) is 24.1 Å². The fourth-order valence-corrected chi connectivity index (χ4v) is 3.42. The fraction of sp³-hybridized carbons (Fsp3) is 0.368. The van der Waals surface area contributed by atoms with Crippen LogP contribution in [0.5, 0.6) is 0 Å². The van der Waals surface area contributed by atoms with Crippen LogP contribution in [0.4, 0.5) is 10.1 Å². The molecule has 0 spiro atoms. The summed E-state index contributed by atoms with van der Waals surface area (Å²) in [6.45, 7) is 3.67. The van der Waals surface area contributed by atoms with Gasteiger partial charge in [-0.2, -0.15) is 0 Å². The molecule has 1 aromatic carbocycles. The van der Waals surface area contributed by atoms with Crippen molar-refractivity contribution in [2.24, 2.45) is 0 Å². The van der Waals surface area contributed by atoms with Crippen molar-refractivity contribution in [1.82, 2.24) is 5.32 Å². The van der Waals surface area contributed by atoms with Crippen LogP contribution in [0.25, 0.3) is 0 Å². The second-order valence-corrected chi connectivity index (χ2v) is 6.91. The number of dihydropyridines is 1. The number of carbonyl (C=O) groups excluding carboxylic acids is 2. The summed E-state index contributed by atoms with van der Waals surface area (Å²) in [5.74, 6) is -3.05. The molecule has 1 heterocycles. The van der Waals surface area contributed by atoms with E-state index >= 15 is 0 Å². The maximum Gasteiger partial charge on any atom is 0.337 e. The van der Waals surface area contributed by atoms with Gasteiger partial charge in [0.2, 0.25) is 0 Å². The molecule has 1 aromatic rings. The summed E-state index contributed by atoms with van der Waals surface area (Å²) in [4.78, 5) is 36.3. The van der Waals surface area contributed by atoms with Crippen molar-refractivity contribution in [2.45, 2.75) is 32.8 Å². The number of hydrogen-bond acceptors (Lipinski definition) is 7. The second-order valence-electron chi connectivity index (χ2n) is 6.50. The van der Waals surface area contributed by atoms with Crippen molar-refractivity contribution in [3.05, 3.63) is 61.4 Å². The number of ether oxygens (including phenoxy) is 2. The van der Waals surface area contributed by atoms with Gasteiger partial charge in [-0.3, -0.25) is 10.1 Å². The molecule has 1 aliphatic rings. The number of methoxy groups -OCH3 is 1. The zero-order valence-electron chi connectivity index (χ0n) is 16.2. The Morgan fingerprint density at radius 1 is 1.31 bits per heavy atom. The highest BCUT2D eigenvalue weighted by Gasteiger charge is 2.42. The number of alkyl halides is 1. The molecular formula is C19H20ClFN2O6. The number of carbonyl (C=O) groups is 2. The highest BCUT2D eigenvalue weighted by Crippen LogP contribution is 2.44. The summed E-state index contributed by atoms with van der Waals surface area (Å²) < 4.78 is 23.8. The Labute approximate surface area is 171 Å². The van der Waals surface area contributed by atoms with E-state index in [4.69, 9.17) is 21.1 Å². The SMILES string of the molecule is COC(=O)C1=C(CF)NC(C)=C(C(=O)OC(C)C)C1c1cccc(Cl)c1[N+](=O)[O-]. The van der Waals surface area contributed by atoms with Gasteiger partial charge >= 0.3 is 11.9 Å². The first-order chi connectivity index (χ1) is 13.6. The van der Waals surface area contributed by atoms with Crippen LogP contribution in [-0.2, 0) is 19.1 Å². The lowest BCUT2D eigenvalue weighted by atomic mass is 9.79. The third-order valence-corrected chi connectivity index (χ3v) is 4.56. The molecule has 8 nitrogen and oxygen atoms in total. The minimum Gasteiger partial charge on any atom is -0.466 e. The Balaban J connectivity index is 2.86. The van der Waals surface area contributed by atoms with Gasteiger partial charge in [0, 0.05) is 11.3 Å². The normalized spacial score (nSPS) is 16.6. The van der Waals surface area contributed by atoms with Crippen LogP contribution >= 0.6 is 11.6 Å². The Morgan fingerprint density at radius 3 is 2.48 bits per heavy atom. The van der Waals surface area contributed by atoms with E-state index in [-0.39, 0.29) is 33.1 Å². The number of benzene rings is 1. The highest BCUT2D eigenvalue weighted by molar-refractivity contribution is 6.32. The summed E-state index contributed by atoms with van der Waals surface area (Å²) in [6, 6.07) is 4.11. The van der Waals surface area contributed by atoms with Gasteiger partial charge in [-0.1, -0.05) is 23.7 Å². The van der Waals surface area contributed by atoms with Crippen molar-refractivity contribution in [1.29, 1.82) is 0 Å². The standard InChI is InChI=1S/C19H20ClFN2O6/c1-9(2)29-19(25)14-10(3)22-13(8-21)16(18(24)28-4)15(14)11-6-5-7-12(20)17(11)23(26)27/h5-7,9,15,22H,8H2,1-4H3. The van der Waals surface area contributed by atoms with Gasteiger partial charge in [-0.25, -0.2) is 14.0 Å². The number of allylic oxidation sites excluding steroid dienone is 2. The lowest BCUT2D eigenvalue weighted by Gasteiger charge is -2.30. The molecule has 0 fully saturated rings. The third-order valence-electron chi connectivity index (χ3n) is 4.26. The van der Waals surface area contributed by atoms with Crippen molar-refractivity contribution in [3.63, 3.8) is 0 Å². The molecule has 0 radical (unpaired) electrons. The van der Waals surface area contributed by atoms with Gasteiger partial charge in [0.1, 0.15) is 11.7 Å². The van der Waals surface area contributed by atoms with E-state index in [1.165, 1.54) is 25.1 Å². The molecule has 0 bridgehead atoms. The van der Waals surface area contributed by atoms with Crippen LogP contribution in [0.15, 0.2) is 40.7 Å². The summed E-state index contributed by atoms with van der Waals surface area (Å²) >= 11 is 6.03. The summed E-state index contributed by atoms with van der Waals surface area (Å²) in [7, 11) is 1.09. The molecule has 0 saturated heterocycles. The highest BCUT2D eigenvalue weighted by atomic mass is 35.5. The summed E-state index contributed by atoms with van der Waals surface area (Å²) in [5.41, 5.74) is -0.831. The zero-order valence-corrected chi connectivity index (χ0v) is 17.0. The molecule has 10 heteroatoms. The van der Waals surface area contributed by atoms with Crippen LogP contribution in [0.1, 0.15) is 32.3 Å². The number of esters is 2. The minimum atomic E-state index is -1.31. The number of halogens is 2. The van der Waals surface area contributed by atoms with E-state index in [2.05, 4.69) is 5.32 Å². The lowest BCUT2D eigenvalue weighted by Crippen LogP contribution is -2.34. The first kappa shape index (κ1) is 22.4. The predicted octanol–water partition coefficient (Wildman–Crippen LogP) is 3.56. The Morgan fingerprint density at radius 2 is 1.97 bits per heavy atom. The van der Waals surface area contributed by atoms with Gasteiger partial charge in [-0.05, 0) is 26.8 Å². The first-order valence-electron chi connectivity index (χ1n) is 8.62. The molecule has 29 heavy (non-hydrogen) atoms. The van der Waals surface area contributed by atoms with Crippen LogP contribution < -0.4 is 5.32 Å². The molecular weight excluding hydrogens is 407 g/mol. The van der Waals surface area contributed by atoms with Gasteiger partial charge in [0.25, 0.3) is 5.69 Å². The molecule has 156 valence electrons. The number of hydrogen-bond donors (Lipinski definition) is 1.